The van der Waals surface area contributed by atoms with Gasteiger partial charge in [0.1, 0.15) is 0 Å². The molecule has 0 fully saturated rings. The molecule has 26 heavy (non-hydrogen) atoms. The summed E-state index contributed by atoms with van der Waals surface area (Å²) in [6, 6.07) is 11.9. The summed E-state index contributed by atoms with van der Waals surface area (Å²) in [5.41, 5.74) is 4.45. The minimum Gasteiger partial charge on any atom is -0.414 e. The van der Waals surface area contributed by atoms with E-state index in [-0.39, 0.29) is 0 Å². The van der Waals surface area contributed by atoms with E-state index in [1.165, 1.54) is 5.56 Å². The molecule has 0 radical (unpaired) electrons. The number of hydrogen-bond acceptors (Lipinski definition) is 6. The Kier molecular flexibility index (Phi) is 4.04. The third-order valence-electron chi connectivity index (χ3n) is 4.25. The van der Waals surface area contributed by atoms with Gasteiger partial charge in [0.2, 0.25) is 5.89 Å². The molecule has 3 heterocycles. The first-order valence-corrected chi connectivity index (χ1v) is 8.40. The van der Waals surface area contributed by atoms with E-state index >= 15 is 0 Å². The predicted molar refractivity (Wildman–Crippen MR) is 96.7 cm³/mol. The molecule has 7 heteroatoms. The highest BCUT2D eigenvalue weighted by Gasteiger charge is 2.18. The van der Waals surface area contributed by atoms with Gasteiger partial charge in [-0.1, -0.05) is 31.2 Å². The Hall–Kier alpha value is -3.35. The summed E-state index contributed by atoms with van der Waals surface area (Å²) in [5, 5.41) is 16.7. The third-order valence-corrected chi connectivity index (χ3v) is 4.25. The van der Waals surface area contributed by atoms with Gasteiger partial charge < -0.3 is 4.42 Å². The summed E-state index contributed by atoms with van der Waals surface area (Å²) in [5.74, 6) is 1.26. The SMILES string of the molecule is Cc1c(-c2nnc(-c3ccncc3)o2)nnn1-c1ccc(C(C)C)cc1. The number of rotatable bonds is 4. The van der Waals surface area contributed by atoms with E-state index in [0.717, 1.165) is 16.9 Å². The van der Waals surface area contributed by atoms with Crippen LogP contribution in [0.4, 0.5) is 0 Å². The smallest absolute Gasteiger partial charge is 0.270 e. The van der Waals surface area contributed by atoms with Gasteiger partial charge in [0, 0.05) is 18.0 Å². The lowest BCUT2D eigenvalue weighted by molar-refractivity contribution is 0.581. The van der Waals surface area contributed by atoms with Crippen LogP contribution >= 0.6 is 0 Å². The fraction of sp³-hybridized carbons (Fsp3) is 0.211. The van der Waals surface area contributed by atoms with Crippen molar-refractivity contribution < 1.29 is 4.42 Å². The largest absolute Gasteiger partial charge is 0.414 e. The monoisotopic (exact) mass is 346 g/mol. The molecule has 0 aliphatic carbocycles. The average Bonchev–Trinajstić information content (AvgIpc) is 3.29. The van der Waals surface area contributed by atoms with Crippen LogP contribution in [0.15, 0.2) is 53.2 Å². The van der Waals surface area contributed by atoms with E-state index in [2.05, 4.69) is 51.5 Å². The molecule has 7 nitrogen and oxygen atoms in total. The molecule has 0 saturated carbocycles. The van der Waals surface area contributed by atoms with E-state index in [1.54, 1.807) is 17.1 Å². The van der Waals surface area contributed by atoms with Gasteiger partial charge in [0.25, 0.3) is 5.89 Å². The Morgan fingerprint density at radius 2 is 1.58 bits per heavy atom. The zero-order valence-corrected chi connectivity index (χ0v) is 14.8. The molecule has 0 N–H and O–H groups in total. The Bertz CT molecular complexity index is 1020. The second kappa shape index (κ2) is 6.51. The molecule has 0 bridgehead atoms. The number of nitrogens with zero attached hydrogens (tertiary/aromatic N) is 6. The van der Waals surface area contributed by atoms with Gasteiger partial charge in [0.05, 0.1) is 11.4 Å². The summed E-state index contributed by atoms with van der Waals surface area (Å²) in [4.78, 5) is 3.99. The van der Waals surface area contributed by atoms with Crippen molar-refractivity contribution in [1.82, 2.24) is 30.2 Å². The van der Waals surface area contributed by atoms with Gasteiger partial charge >= 0.3 is 0 Å². The second-order valence-corrected chi connectivity index (χ2v) is 6.33. The van der Waals surface area contributed by atoms with E-state index in [9.17, 15) is 0 Å². The molecule has 130 valence electrons. The molecule has 4 aromatic rings. The van der Waals surface area contributed by atoms with Crippen LogP contribution in [0.25, 0.3) is 28.7 Å². The summed E-state index contributed by atoms with van der Waals surface area (Å²) < 4.78 is 7.54. The molecule has 4 rings (SSSR count). The van der Waals surface area contributed by atoms with Crippen molar-refractivity contribution in [3.05, 3.63) is 60.0 Å². The van der Waals surface area contributed by atoms with Gasteiger partial charge in [-0.15, -0.1) is 15.3 Å². The van der Waals surface area contributed by atoms with Gasteiger partial charge in [-0.3, -0.25) is 4.98 Å². The molecule has 0 amide bonds. The second-order valence-electron chi connectivity index (χ2n) is 6.33. The lowest BCUT2D eigenvalue weighted by atomic mass is 10.0. The van der Waals surface area contributed by atoms with Gasteiger partial charge in [0.15, 0.2) is 5.69 Å². The maximum Gasteiger partial charge on any atom is 0.270 e. The zero-order valence-electron chi connectivity index (χ0n) is 14.8. The highest BCUT2D eigenvalue weighted by Crippen LogP contribution is 2.25. The van der Waals surface area contributed by atoms with Crippen LogP contribution in [0.1, 0.15) is 31.0 Å². The molecular formula is C19H18N6O. The Morgan fingerprint density at radius 3 is 2.27 bits per heavy atom. The van der Waals surface area contributed by atoms with Crippen molar-refractivity contribution in [3.63, 3.8) is 0 Å². The fourth-order valence-corrected chi connectivity index (χ4v) is 2.70. The summed E-state index contributed by atoms with van der Waals surface area (Å²) in [7, 11) is 0. The first-order valence-electron chi connectivity index (χ1n) is 8.40. The first kappa shape index (κ1) is 16.1. The average molecular weight is 346 g/mol. The van der Waals surface area contributed by atoms with Gasteiger partial charge in [-0.25, -0.2) is 4.68 Å². The number of pyridine rings is 1. The Labute approximate surface area is 150 Å². The highest BCUT2D eigenvalue weighted by molar-refractivity contribution is 5.56. The third kappa shape index (κ3) is 2.88. The molecule has 0 unspecified atom stereocenters. The number of hydrogen-bond donors (Lipinski definition) is 0. The molecule has 0 saturated heterocycles. The van der Waals surface area contributed by atoms with Crippen molar-refractivity contribution in [2.45, 2.75) is 26.7 Å². The highest BCUT2D eigenvalue weighted by atomic mass is 16.4. The van der Waals surface area contributed by atoms with Crippen molar-refractivity contribution in [3.8, 4) is 28.7 Å². The molecule has 0 atom stereocenters. The molecule has 1 aromatic carbocycles. The number of aromatic nitrogens is 6. The minimum atomic E-state index is 0.347. The molecule has 0 spiro atoms. The van der Waals surface area contributed by atoms with Crippen LogP contribution in [-0.4, -0.2) is 30.2 Å². The van der Waals surface area contributed by atoms with Crippen LogP contribution in [0.2, 0.25) is 0 Å². The van der Waals surface area contributed by atoms with E-state index < -0.39 is 0 Å². The van der Waals surface area contributed by atoms with Crippen LogP contribution in [0.5, 0.6) is 0 Å². The molecule has 0 aliphatic rings. The predicted octanol–water partition coefficient (Wildman–Crippen LogP) is 3.81. The maximum atomic E-state index is 5.77. The van der Waals surface area contributed by atoms with Crippen molar-refractivity contribution in [1.29, 1.82) is 0 Å². The molecule has 3 aromatic heterocycles. The lowest BCUT2D eigenvalue weighted by Crippen LogP contribution is -1.99. The molecule has 0 aliphatic heterocycles. The first-order chi connectivity index (χ1) is 12.6. The Morgan fingerprint density at radius 1 is 0.885 bits per heavy atom. The van der Waals surface area contributed by atoms with Crippen LogP contribution in [-0.2, 0) is 0 Å². The van der Waals surface area contributed by atoms with Crippen LogP contribution in [0.3, 0.4) is 0 Å². The summed E-state index contributed by atoms with van der Waals surface area (Å²) in [6.07, 6.45) is 3.36. The van der Waals surface area contributed by atoms with Crippen LogP contribution < -0.4 is 0 Å². The maximum absolute atomic E-state index is 5.77. The topological polar surface area (TPSA) is 82.5 Å². The van der Waals surface area contributed by atoms with Crippen LogP contribution in [0, 0.1) is 6.92 Å². The zero-order chi connectivity index (χ0) is 18.1. The summed E-state index contributed by atoms with van der Waals surface area (Å²) >= 11 is 0. The quantitative estimate of drug-likeness (QED) is 0.559. The normalized spacial score (nSPS) is 11.2. The Balaban J connectivity index is 1.67. The van der Waals surface area contributed by atoms with E-state index in [1.807, 2.05) is 31.2 Å². The number of benzene rings is 1. The standard InChI is InChI=1S/C19H18N6O/c1-12(2)14-4-6-16(7-5-14)25-13(3)17(21-24-25)19-23-22-18(26-19)15-8-10-20-11-9-15/h4-12H,1-3H3. The molecular weight excluding hydrogens is 328 g/mol. The van der Waals surface area contributed by atoms with Crippen molar-refractivity contribution in [2.24, 2.45) is 0 Å². The van der Waals surface area contributed by atoms with Crippen molar-refractivity contribution >= 4 is 0 Å². The lowest BCUT2D eigenvalue weighted by Gasteiger charge is -2.07. The fourth-order valence-electron chi connectivity index (χ4n) is 2.70. The van der Waals surface area contributed by atoms with Gasteiger partial charge in [-0.05, 0) is 42.7 Å². The van der Waals surface area contributed by atoms with Crippen molar-refractivity contribution in [2.75, 3.05) is 0 Å². The van der Waals surface area contributed by atoms with E-state index in [0.29, 0.717) is 23.4 Å². The van der Waals surface area contributed by atoms with E-state index in [4.69, 9.17) is 4.42 Å². The van der Waals surface area contributed by atoms with Gasteiger partial charge in [-0.2, -0.15) is 0 Å². The summed E-state index contributed by atoms with van der Waals surface area (Å²) in [6.45, 7) is 6.27. The minimum absolute atomic E-state index is 0.347.